The van der Waals surface area contributed by atoms with Crippen molar-refractivity contribution >= 4 is 46.0 Å². The molecule has 98 valence electrons. The van der Waals surface area contributed by atoms with Crippen LogP contribution >= 0.6 is 35.0 Å². The normalized spacial score (nSPS) is 15.0. The molecule has 2 aromatic rings. The summed E-state index contributed by atoms with van der Waals surface area (Å²) in [6.45, 7) is 1.76. The summed E-state index contributed by atoms with van der Waals surface area (Å²) in [5, 5.41) is 11.4. The van der Waals surface area contributed by atoms with Crippen LogP contribution in [0, 0.1) is 0 Å². The topological polar surface area (TPSA) is 38.1 Å². The van der Waals surface area contributed by atoms with Crippen molar-refractivity contribution in [2.75, 3.05) is 12.0 Å². The highest BCUT2D eigenvalue weighted by Crippen LogP contribution is 2.31. The summed E-state index contributed by atoms with van der Waals surface area (Å²) >= 11 is 13.6. The van der Waals surface area contributed by atoms with Gasteiger partial charge in [0.1, 0.15) is 11.4 Å². The van der Waals surface area contributed by atoms with Gasteiger partial charge >= 0.3 is 0 Å². The number of hydrogen-bond acceptors (Lipinski definition) is 3. The Bertz CT molecular complexity index is 595. The molecule has 0 aliphatic rings. The standard InChI is InChI=1S/C12H14Cl2N2OS/c1-12(17,6-18-3)11-15-9-4-7(13)8(14)5-10(9)16(11)2/h4-5,17H,6H2,1-3H3. The quantitative estimate of drug-likeness (QED) is 0.944. The summed E-state index contributed by atoms with van der Waals surface area (Å²) in [6.07, 6.45) is 1.95. The fourth-order valence-corrected chi connectivity index (χ4v) is 3.02. The molecule has 0 bridgehead atoms. The highest BCUT2D eigenvalue weighted by atomic mass is 35.5. The molecule has 0 spiro atoms. The van der Waals surface area contributed by atoms with Crippen LogP contribution in [0.1, 0.15) is 12.7 Å². The average Bonchev–Trinajstić information content (AvgIpc) is 2.58. The predicted molar refractivity (Wildman–Crippen MR) is 78.7 cm³/mol. The van der Waals surface area contributed by atoms with Gasteiger partial charge in [0.05, 0.1) is 21.1 Å². The van der Waals surface area contributed by atoms with Crippen LogP contribution in [0.25, 0.3) is 11.0 Å². The van der Waals surface area contributed by atoms with E-state index in [9.17, 15) is 5.11 Å². The molecule has 0 radical (unpaired) electrons. The Morgan fingerprint density at radius 3 is 2.61 bits per heavy atom. The Labute approximate surface area is 120 Å². The molecule has 3 nitrogen and oxygen atoms in total. The van der Waals surface area contributed by atoms with Crippen molar-refractivity contribution in [1.82, 2.24) is 9.55 Å². The second-order valence-electron chi connectivity index (χ2n) is 4.46. The first-order valence-corrected chi connectivity index (χ1v) is 7.55. The molecule has 1 aromatic heterocycles. The second kappa shape index (κ2) is 4.93. The first-order valence-electron chi connectivity index (χ1n) is 5.40. The predicted octanol–water partition coefficient (Wildman–Crippen LogP) is 3.45. The number of rotatable bonds is 3. The molecular formula is C12H14Cl2N2OS. The number of aryl methyl sites for hydroxylation is 1. The van der Waals surface area contributed by atoms with Gasteiger partial charge < -0.3 is 9.67 Å². The van der Waals surface area contributed by atoms with E-state index in [1.807, 2.05) is 17.9 Å². The summed E-state index contributed by atoms with van der Waals surface area (Å²) in [5.41, 5.74) is 0.621. The smallest absolute Gasteiger partial charge is 0.142 e. The summed E-state index contributed by atoms with van der Waals surface area (Å²) in [5.74, 6) is 1.19. The van der Waals surface area contributed by atoms with Gasteiger partial charge in [0.25, 0.3) is 0 Å². The Morgan fingerprint density at radius 2 is 2.00 bits per heavy atom. The number of aliphatic hydroxyl groups is 1. The number of halogens is 2. The highest BCUT2D eigenvalue weighted by Gasteiger charge is 2.28. The summed E-state index contributed by atoms with van der Waals surface area (Å²) in [4.78, 5) is 4.46. The lowest BCUT2D eigenvalue weighted by Gasteiger charge is -2.21. The summed E-state index contributed by atoms with van der Waals surface area (Å²) in [6, 6.07) is 3.49. The van der Waals surface area contributed by atoms with E-state index in [1.165, 1.54) is 0 Å². The van der Waals surface area contributed by atoms with Crippen LogP contribution in [0.15, 0.2) is 12.1 Å². The van der Waals surface area contributed by atoms with E-state index < -0.39 is 5.60 Å². The van der Waals surface area contributed by atoms with Gasteiger partial charge in [0.2, 0.25) is 0 Å². The maximum Gasteiger partial charge on any atom is 0.142 e. The molecule has 1 N–H and O–H groups in total. The van der Waals surface area contributed by atoms with Gasteiger partial charge in [0, 0.05) is 12.8 Å². The third kappa shape index (κ3) is 2.35. The van der Waals surface area contributed by atoms with Crippen molar-refractivity contribution in [3.63, 3.8) is 0 Å². The monoisotopic (exact) mass is 304 g/mol. The summed E-state index contributed by atoms with van der Waals surface area (Å²) < 4.78 is 1.85. The van der Waals surface area contributed by atoms with Crippen LogP contribution < -0.4 is 0 Å². The van der Waals surface area contributed by atoms with E-state index in [0.717, 1.165) is 11.0 Å². The molecule has 0 saturated heterocycles. The van der Waals surface area contributed by atoms with Crippen LogP contribution in [0.2, 0.25) is 10.0 Å². The van der Waals surface area contributed by atoms with Gasteiger partial charge in [-0.25, -0.2) is 4.98 Å². The molecule has 0 aliphatic carbocycles. The number of thioether (sulfide) groups is 1. The molecule has 18 heavy (non-hydrogen) atoms. The lowest BCUT2D eigenvalue weighted by molar-refractivity contribution is 0.0717. The third-order valence-electron chi connectivity index (χ3n) is 2.83. The fraction of sp³-hybridized carbons (Fsp3) is 0.417. The van der Waals surface area contributed by atoms with Gasteiger partial charge in [0.15, 0.2) is 0 Å². The molecular weight excluding hydrogens is 291 g/mol. The molecule has 0 fully saturated rings. The van der Waals surface area contributed by atoms with Crippen LogP contribution in [-0.2, 0) is 12.6 Å². The molecule has 1 heterocycles. The molecule has 1 unspecified atom stereocenters. The zero-order valence-electron chi connectivity index (χ0n) is 10.4. The summed E-state index contributed by atoms with van der Waals surface area (Å²) in [7, 11) is 1.86. The average molecular weight is 305 g/mol. The van der Waals surface area contributed by atoms with Crippen molar-refractivity contribution in [2.45, 2.75) is 12.5 Å². The number of imidazole rings is 1. The van der Waals surface area contributed by atoms with Crippen molar-refractivity contribution < 1.29 is 5.11 Å². The van der Waals surface area contributed by atoms with E-state index in [1.54, 1.807) is 30.8 Å². The first kappa shape index (κ1) is 14.0. The SMILES string of the molecule is CSCC(C)(O)c1nc2cc(Cl)c(Cl)cc2n1C. The molecule has 0 amide bonds. The van der Waals surface area contributed by atoms with Gasteiger partial charge in [-0.15, -0.1) is 0 Å². The van der Waals surface area contributed by atoms with E-state index in [2.05, 4.69) is 4.98 Å². The van der Waals surface area contributed by atoms with Gasteiger partial charge in [-0.05, 0) is 25.3 Å². The maximum atomic E-state index is 10.4. The maximum absolute atomic E-state index is 10.4. The number of nitrogens with zero attached hydrogens (tertiary/aromatic N) is 2. The van der Waals surface area contributed by atoms with Gasteiger partial charge in [-0.3, -0.25) is 0 Å². The van der Waals surface area contributed by atoms with Gasteiger partial charge in [-0.1, -0.05) is 23.2 Å². The Morgan fingerprint density at radius 1 is 1.39 bits per heavy atom. The van der Waals surface area contributed by atoms with E-state index >= 15 is 0 Å². The number of benzene rings is 1. The highest BCUT2D eigenvalue weighted by molar-refractivity contribution is 7.98. The Balaban J connectivity index is 2.64. The van der Waals surface area contributed by atoms with Crippen LogP contribution in [0.3, 0.4) is 0 Å². The largest absolute Gasteiger partial charge is 0.381 e. The van der Waals surface area contributed by atoms with Crippen LogP contribution in [-0.4, -0.2) is 26.7 Å². The number of aromatic nitrogens is 2. The zero-order valence-corrected chi connectivity index (χ0v) is 12.7. The van der Waals surface area contributed by atoms with Crippen molar-refractivity contribution in [2.24, 2.45) is 7.05 Å². The van der Waals surface area contributed by atoms with Crippen molar-refractivity contribution in [1.29, 1.82) is 0 Å². The lowest BCUT2D eigenvalue weighted by atomic mass is 10.1. The molecule has 0 aliphatic heterocycles. The van der Waals surface area contributed by atoms with Gasteiger partial charge in [-0.2, -0.15) is 11.8 Å². The zero-order chi connectivity index (χ0) is 13.5. The van der Waals surface area contributed by atoms with E-state index in [0.29, 0.717) is 21.6 Å². The molecule has 0 saturated carbocycles. The molecule has 1 aromatic carbocycles. The molecule has 1 atom stereocenters. The number of hydrogen-bond donors (Lipinski definition) is 1. The number of fused-ring (bicyclic) bond motifs is 1. The van der Waals surface area contributed by atoms with Crippen LogP contribution in [0.5, 0.6) is 0 Å². The first-order chi connectivity index (χ1) is 8.36. The minimum Gasteiger partial charge on any atom is -0.381 e. The minimum absolute atomic E-state index is 0.471. The fourth-order valence-electron chi connectivity index (χ4n) is 2.01. The van der Waals surface area contributed by atoms with E-state index in [4.69, 9.17) is 23.2 Å². The van der Waals surface area contributed by atoms with E-state index in [-0.39, 0.29) is 0 Å². The Hall–Kier alpha value is -0.420. The van der Waals surface area contributed by atoms with Crippen molar-refractivity contribution in [3.05, 3.63) is 28.0 Å². The lowest BCUT2D eigenvalue weighted by Crippen LogP contribution is -2.28. The van der Waals surface area contributed by atoms with Crippen molar-refractivity contribution in [3.8, 4) is 0 Å². The molecule has 2 rings (SSSR count). The second-order valence-corrected chi connectivity index (χ2v) is 6.14. The molecule has 6 heteroatoms. The third-order valence-corrected chi connectivity index (χ3v) is 4.40. The minimum atomic E-state index is -0.980. The van der Waals surface area contributed by atoms with Crippen LogP contribution in [0.4, 0.5) is 0 Å². The Kier molecular flexibility index (Phi) is 3.83.